The molecular formula is C24H27NO4. The van der Waals surface area contributed by atoms with Crippen molar-refractivity contribution in [1.82, 2.24) is 4.90 Å². The van der Waals surface area contributed by atoms with E-state index in [0.717, 1.165) is 17.7 Å². The van der Waals surface area contributed by atoms with Gasteiger partial charge in [-0.25, -0.2) is 0 Å². The van der Waals surface area contributed by atoms with Crippen molar-refractivity contribution in [2.45, 2.75) is 45.1 Å². The lowest BCUT2D eigenvalue weighted by atomic mass is 9.99. The van der Waals surface area contributed by atoms with E-state index < -0.39 is 6.04 Å². The Balaban J connectivity index is 1.58. The van der Waals surface area contributed by atoms with Crippen molar-refractivity contribution in [2.24, 2.45) is 0 Å². The van der Waals surface area contributed by atoms with Crippen LogP contribution in [0.5, 0.6) is 5.75 Å². The third kappa shape index (κ3) is 4.91. The maximum atomic E-state index is 13.0. The van der Waals surface area contributed by atoms with Gasteiger partial charge in [0.15, 0.2) is 11.6 Å². The highest BCUT2D eigenvalue weighted by Gasteiger charge is 2.34. The van der Waals surface area contributed by atoms with Gasteiger partial charge in [-0.15, -0.1) is 0 Å². The second kappa shape index (κ2) is 9.50. The van der Waals surface area contributed by atoms with Crippen LogP contribution in [-0.2, 0) is 4.79 Å². The van der Waals surface area contributed by atoms with E-state index >= 15 is 0 Å². The summed E-state index contributed by atoms with van der Waals surface area (Å²) in [5.74, 6) is 0.707. The molecule has 1 heterocycles. The number of ether oxygens (including phenoxy) is 1. The molecule has 0 bridgehead atoms. The van der Waals surface area contributed by atoms with Crippen LogP contribution in [0.25, 0.3) is 0 Å². The van der Waals surface area contributed by atoms with Crippen LogP contribution in [0.3, 0.4) is 0 Å². The van der Waals surface area contributed by atoms with E-state index in [2.05, 4.69) is 0 Å². The average molecular weight is 393 g/mol. The molecule has 0 spiro atoms. The molecule has 0 saturated carbocycles. The number of carbonyl (C=O) groups excluding carboxylic acids is 3. The SMILES string of the molecule is COc1ccc(C(=O)C2CCCN2C(=O)CCCC(=O)c2ccccc2)cc1C. The van der Waals surface area contributed by atoms with Crippen molar-refractivity contribution in [3.8, 4) is 5.75 Å². The molecular weight excluding hydrogens is 366 g/mol. The Morgan fingerprint density at radius 3 is 2.48 bits per heavy atom. The first-order valence-electron chi connectivity index (χ1n) is 10.1. The van der Waals surface area contributed by atoms with Gasteiger partial charge < -0.3 is 9.64 Å². The first-order chi connectivity index (χ1) is 14.0. The largest absolute Gasteiger partial charge is 0.496 e. The van der Waals surface area contributed by atoms with Crippen molar-refractivity contribution < 1.29 is 19.1 Å². The Labute approximate surface area is 171 Å². The van der Waals surface area contributed by atoms with Gasteiger partial charge in [-0.1, -0.05) is 30.3 Å². The summed E-state index contributed by atoms with van der Waals surface area (Å²) in [6.45, 7) is 2.49. The summed E-state index contributed by atoms with van der Waals surface area (Å²) in [5, 5.41) is 0. The Morgan fingerprint density at radius 2 is 1.79 bits per heavy atom. The normalized spacial score (nSPS) is 15.9. The Hall–Kier alpha value is -2.95. The number of rotatable bonds is 8. The molecule has 0 radical (unpaired) electrons. The predicted molar refractivity (Wildman–Crippen MR) is 111 cm³/mol. The van der Waals surface area contributed by atoms with Gasteiger partial charge >= 0.3 is 0 Å². The summed E-state index contributed by atoms with van der Waals surface area (Å²) in [7, 11) is 1.60. The highest BCUT2D eigenvalue weighted by Crippen LogP contribution is 2.25. The van der Waals surface area contributed by atoms with Crippen molar-refractivity contribution in [3.05, 3.63) is 65.2 Å². The van der Waals surface area contributed by atoms with Gasteiger partial charge in [0.2, 0.25) is 5.91 Å². The fraction of sp³-hybridized carbons (Fsp3) is 0.375. The number of hydrogen-bond donors (Lipinski definition) is 0. The van der Waals surface area contributed by atoms with Crippen LogP contribution in [0, 0.1) is 6.92 Å². The highest BCUT2D eigenvalue weighted by atomic mass is 16.5. The molecule has 1 amide bonds. The number of amides is 1. The second-order valence-corrected chi connectivity index (χ2v) is 7.44. The molecule has 0 N–H and O–H groups in total. The minimum absolute atomic E-state index is 0.0260. The zero-order valence-electron chi connectivity index (χ0n) is 17.0. The van der Waals surface area contributed by atoms with E-state index in [-0.39, 0.29) is 23.9 Å². The summed E-state index contributed by atoms with van der Waals surface area (Å²) in [6.07, 6.45) is 2.61. The molecule has 3 rings (SSSR count). The van der Waals surface area contributed by atoms with Crippen LogP contribution in [0.15, 0.2) is 48.5 Å². The summed E-state index contributed by atoms with van der Waals surface area (Å²) in [4.78, 5) is 39.6. The summed E-state index contributed by atoms with van der Waals surface area (Å²) in [6, 6.07) is 14.1. The Kier molecular flexibility index (Phi) is 6.81. The average Bonchev–Trinajstić information content (AvgIpc) is 3.23. The van der Waals surface area contributed by atoms with Crippen LogP contribution >= 0.6 is 0 Å². The highest BCUT2D eigenvalue weighted by molar-refractivity contribution is 6.02. The molecule has 152 valence electrons. The fourth-order valence-electron chi connectivity index (χ4n) is 3.87. The third-order valence-corrected chi connectivity index (χ3v) is 5.45. The van der Waals surface area contributed by atoms with Crippen molar-refractivity contribution in [2.75, 3.05) is 13.7 Å². The van der Waals surface area contributed by atoms with Crippen LogP contribution in [-0.4, -0.2) is 42.1 Å². The van der Waals surface area contributed by atoms with E-state index in [1.807, 2.05) is 31.2 Å². The monoisotopic (exact) mass is 393 g/mol. The molecule has 1 unspecified atom stereocenters. The van der Waals surface area contributed by atoms with Gasteiger partial charge in [-0.2, -0.15) is 0 Å². The Morgan fingerprint density at radius 1 is 1.03 bits per heavy atom. The molecule has 0 aromatic heterocycles. The standard InChI is InChI=1S/C24H27NO4/c1-17-16-19(13-14-22(17)29-2)24(28)20-10-7-15-25(20)23(27)12-6-11-21(26)18-8-4-3-5-9-18/h3-5,8-9,13-14,16,20H,6-7,10-12,15H2,1-2H3. The van der Waals surface area contributed by atoms with Gasteiger partial charge in [-0.3, -0.25) is 14.4 Å². The van der Waals surface area contributed by atoms with Crippen molar-refractivity contribution in [3.63, 3.8) is 0 Å². The molecule has 2 aromatic carbocycles. The number of carbonyl (C=O) groups is 3. The summed E-state index contributed by atoms with van der Waals surface area (Å²) in [5.41, 5.74) is 2.17. The van der Waals surface area contributed by atoms with Gasteiger partial charge in [0.25, 0.3) is 0 Å². The lowest BCUT2D eigenvalue weighted by Crippen LogP contribution is -2.40. The van der Waals surface area contributed by atoms with Gasteiger partial charge in [0.05, 0.1) is 13.2 Å². The zero-order valence-corrected chi connectivity index (χ0v) is 17.0. The van der Waals surface area contributed by atoms with Gasteiger partial charge in [-0.05, 0) is 49.9 Å². The number of methoxy groups -OCH3 is 1. The molecule has 29 heavy (non-hydrogen) atoms. The molecule has 1 aliphatic heterocycles. The van der Waals surface area contributed by atoms with Crippen LogP contribution in [0.2, 0.25) is 0 Å². The van der Waals surface area contributed by atoms with E-state index in [4.69, 9.17) is 4.74 Å². The van der Waals surface area contributed by atoms with Gasteiger partial charge in [0.1, 0.15) is 5.75 Å². The molecule has 2 aromatic rings. The Bertz CT molecular complexity index is 891. The molecule has 1 saturated heterocycles. The molecule has 5 heteroatoms. The van der Waals surface area contributed by atoms with E-state index in [9.17, 15) is 14.4 Å². The first-order valence-corrected chi connectivity index (χ1v) is 10.1. The third-order valence-electron chi connectivity index (χ3n) is 5.45. The lowest BCUT2D eigenvalue weighted by Gasteiger charge is -2.24. The van der Waals surface area contributed by atoms with Crippen LogP contribution in [0.4, 0.5) is 0 Å². The predicted octanol–water partition coefficient (Wildman–Crippen LogP) is 4.23. The molecule has 1 fully saturated rings. The molecule has 0 aliphatic carbocycles. The number of likely N-dealkylation sites (tertiary alicyclic amines) is 1. The first kappa shape index (κ1) is 20.8. The molecule has 5 nitrogen and oxygen atoms in total. The minimum Gasteiger partial charge on any atom is -0.496 e. The fourth-order valence-corrected chi connectivity index (χ4v) is 3.87. The van der Waals surface area contributed by atoms with Crippen LogP contribution in [0.1, 0.15) is 58.4 Å². The number of benzene rings is 2. The minimum atomic E-state index is -0.417. The second-order valence-electron chi connectivity index (χ2n) is 7.44. The van der Waals surface area contributed by atoms with E-state index in [1.54, 1.807) is 36.3 Å². The maximum Gasteiger partial charge on any atom is 0.223 e. The zero-order chi connectivity index (χ0) is 20.8. The van der Waals surface area contributed by atoms with Crippen LogP contribution < -0.4 is 4.74 Å². The van der Waals surface area contributed by atoms with E-state index in [0.29, 0.717) is 36.9 Å². The summed E-state index contributed by atoms with van der Waals surface area (Å²) < 4.78 is 5.26. The number of ketones is 2. The molecule has 1 aliphatic rings. The molecule has 1 atom stereocenters. The summed E-state index contributed by atoms with van der Waals surface area (Å²) >= 11 is 0. The smallest absolute Gasteiger partial charge is 0.223 e. The number of nitrogens with zero attached hydrogens (tertiary/aromatic N) is 1. The number of aryl methyl sites for hydroxylation is 1. The van der Waals surface area contributed by atoms with E-state index in [1.165, 1.54) is 0 Å². The maximum absolute atomic E-state index is 13.0. The topological polar surface area (TPSA) is 63.7 Å². The van der Waals surface area contributed by atoms with Crippen molar-refractivity contribution in [1.29, 1.82) is 0 Å². The van der Waals surface area contributed by atoms with Crippen molar-refractivity contribution >= 4 is 17.5 Å². The lowest BCUT2D eigenvalue weighted by molar-refractivity contribution is -0.131. The quantitative estimate of drug-likeness (QED) is 0.630. The van der Waals surface area contributed by atoms with Gasteiger partial charge in [0, 0.05) is 30.5 Å². The number of Topliss-reactive ketones (excluding diaryl/α,β-unsaturated/α-hetero) is 2. The number of hydrogen-bond acceptors (Lipinski definition) is 4.